The zero-order valence-electron chi connectivity index (χ0n) is 17.6. The molecule has 0 spiro atoms. The third-order valence-corrected chi connectivity index (χ3v) is 6.40. The molecule has 1 amide bonds. The summed E-state index contributed by atoms with van der Waals surface area (Å²) in [6.45, 7) is 4.13. The molecule has 1 aromatic carbocycles. The topological polar surface area (TPSA) is 73.6 Å². The van der Waals surface area contributed by atoms with Crippen LogP contribution in [0.1, 0.15) is 44.1 Å². The number of carbonyl (C=O) groups excluding carboxylic acids is 1. The number of nitrogens with zero attached hydrogens (tertiary/aromatic N) is 1. The summed E-state index contributed by atoms with van der Waals surface area (Å²) in [5, 5.41) is 3.19. The summed E-state index contributed by atoms with van der Waals surface area (Å²) in [4.78, 5) is 16.9. The Hall–Kier alpha value is -2.15. The van der Waals surface area contributed by atoms with Gasteiger partial charge >= 0.3 is 0 Å². The molecule has 0 unspecified atom stereocenters. The molecule has 158 valence electrons. The van der Waals surface area contributed by atoms with Gasteiger partial charge in [0.1, 0.15) is 5.76 Å². The Kier molecular flexibility index (Phi) is 7.47. The number of methoxy groups -OCH3 is 2. The molecule has 0 bridgehead atoms. The van der Waals surface area contributed by atoms with E-state index in [1.54, 1.807) is 26.0 Å². The van der Waals surface area contributed by atoms with Crippen LogP contribution in [0.15, 0.2) is 22.6 Å². The van der Waals surface area contributed by atoms with Gasteiger partial charge in [-0.3, -0.25) is 4.79 Å². The van der Waals surface area contributed by atoms with E-state index in [9.17, 15) is 4.79 Å². The van der Waals surface area contributed by atoms with Gasteiger partial charge in [0.2, 0.25) is 11.8 Å². The Labute approximate surface area is 176 Å². The van der Waals surface area contributed by atoms with Gasteiger partial charge in [-0.25, -0.2) is 4.98 Å². The summed E-state index contributed by atoms with van der Waals surface area (Å²) in [5.74, 6) is 4.34. The number of carbonyl (C=O) groups is 1. The van der Waals surface area contributed by atoms with Gasteiger partial charge in [0.05, 0.1) is 25.7 Å². The quantitative estimate of drug-likeness (QED) is 0.676. The summed E-state index contributed by atoms with van der Waals surface area (Å²) in [6, 6.07) is 5.89. The largest absolute Gasteiger partial charge is 0.493 e. The van der Waals surface area contributed by atoms with Gasteiger partial charge in [-0.2, -0.15) is 0 Å². The first-order chi connectivity index (χ1) is 14.0. The first-order valence-electron chi connectivity index (χ1n) is 10.1. The third-order valence-electron chi connectivity index (χ3n) is 5.45. The van der Waals surface area contributed by atoms with Crippen molar-refractivity contribution in [3.05, 3.63) is 29.7 Å². The van der Waals surface area contributed by atoms with E-state index in [2.05, 4.69) is 17.2 Å². The number of aromatic nitrogens is 1. The Morgan fingerprint density at radius 3 is 2.72 bits per heavy atom. The normalized spacial score (nSPS) is 19.0. The number of benzene rings is 1. The molecule has 1 N–H and O–H groups in total. The second kappa shape index (κ2) is 10.1. The molecule has 1 fully saturated rings. The molecule has 0 radical (unpaired) electrons. The lowest BCUT2D eigenvalue weighted by Gasteiger charge is -2.29. The first-order valence-corrected chi connectivity index (χ1v) is 11.2. The number of nitrogens with one attached hydrogen (secondary N) is 1. The predicted molar refractivity (Wildman–Crippen MR) is 116 cm³/mol. The molecule has 0 aliphatic heterocycles. The second-order valence-electron chi connectivity index (χ2n) is 7.52. The van der Waals surface area contributed by atoms with Gasteiger partial charge in [-0.05, 0) is 43.9 Å². The van der Waals surface area contributed by atoms with E-state index in [4.69, 9.17) is 13.9 Å². The molecule has 1 aromatic heterocycles. The average Bonchev–Trinajstić information content (AvgIpc) is 3.09. The highest BCUT2D eigenvalue weighted by Gasteiger charge is 2.22. The van der Waals surface area contributed by atoms with Gasteiger partial charge < -0.3 is 19.2 Å². The van der Waals surface area contributed by atoms with Gasteiger partial charge in [-0.1, -0.05) is 19.8 Å². The van der Waals surface area contributed by atoms with Crippen molar-refractivity contribution in [2.75, 3.05) is 20.0 Å². The van der Waals surface area contributed by atoms with E-state index < -0.39 is 0 Å². The summed E-state index contributed by atoms with van der Waals surface area (Å²) < 4.78 is 16.5. The maximum absolute atomic E-state index is 12.3. The molecule has 1 heterocycles. The molecule has 0 saturated heterocycles. The molecule has 2 aromatic rings. The van der Waals surface area contributed by atoms with Crippen LogP contribution < -0.4 is 14.8 Å². The van der Waals surface area contributed by atoms with E-state index >= 15 is 0 Å². The molecule has 1 aliphatic rings. The van der Waals surface area contributed by atoms with E-state index in [0.29, 0.717) is 40.9 Å². The van der Waals surface area contributed by atoms with Crippen molar-refractivity contribution in [3.8, 4) is 23.0 Å². The highest BCUT2D eigenvalue weighted by molar-refractivity contribution is 7.99. The van der Waals surface area contributed by atoms with Crippen molar-refractivity contribution in [1.82, 2.24) is 10.3 Å². The number of amides is 1. The maximum Gasteiger partial charge on any atom is 0.230 e. The minimum atomic E-state index is 0.106. The van der Waals surface area contributed by atoms with Crippen LogP contribution in [0.4, 0.5) is 0 Å². The average molecular weight is 419 g/mol. The van der Waals surface area contributed by atoms with E-state index in [1.165, 1.54) is 19.3 Å². The zero-order valence-corrected chi connectivity index (χ0v) is 18.4. The molecule has 1 aliphatic carbocycles. The number of thioether (sulfide) groups is 1. The standard InChI is InChI=1S/C22H30N2O4S/c1-14-7-5-6-8-17(14)23-21(25)13-29-12-18-15(2)28-22(24-18)16-9-10-19(26-3)20(11-16)27-4/h9-11,14,17H,5-8,12-13H2,1-4H3,(H,23,25)/t14-,17-/m1/s1. The monoisotopic (exact) mass is 418 g/mol. The van der Waals surface area contributed by atoms with Crippen LogP contribution in [-0.2, 0) is 10.5 Å². The number of hydrogen-bond donors (Lipinski definition) is 1. The fourth-order valence-corrected chi connectivity index (χ4v) is 4.51. The van der Waals surface area contributed by atoms with E-state index in [0.717, 1.165) is 23.4 Å². The predicted octanol–water partition coefficient (Wildman–Crippen LogP) is 4.60. The van der Waals surface area contributed by atoms with Crippen LogP contribution in [0, 0.1) is 12.8 Å². The van der Waals surface area contributed by atoms with Gasteiger partial charge in [-0.15, -0.1) is 11.8 Å². The van der Waals surface area contributed by atoms with Crippen molar-refractivity contribution in [2.45, 2.75) is 51.3 Å². The van der Waals surface area contributed by atoms with Crippen molar-refractivity contribution >= 4 is 17.7 Å². The molecule has 7 heteroatoms. The Morgan fingerprint density at radius 2 is 2.00 bits per heavy atom. The van der Waals surface area contributed by atoms with Crippen LogP contribution in [0.25, 0.3) is 11.5 Å². The Bertz CT molecular complexity index is 836. The minimum absolute atomic E-state index is 0.106. The molecule has 1 saturated carbocycles. The Morgan fingerprint density at radius 1 is 1.24 bits per heavy atom. The van der Waals surface area contributed by atoms with Crippen molar-refractivity contribution in [2.24, 2.45) is 5.92 Å². The lowest BCUT2D eigenvalue weighted by atomic mass is 9.86. The fraction of sp³-hybridized carbons (Fsp3) is 0.545. The molecule has 3 rings (SSSR count). The van der Waals surface area contributed by atoms with Crippen molar-refractivity contribution in [1.29, 1.82) is 0 Å². The summed E-state index contributed by atoms with van der Waals surface area (Å²) in [7, 11) is 3.21. The molecule has 6 nitrogen and oxygen atoms in total. The molecular formula is C22H30N2O4S. The zero-order chi connectivity index (χ0) is 20.8. The van der Waals surface area contributed by atoms with Gasteiger partial charge in [0, 0.05) is 17.4 Å². The van der Waals surface area contributed by atoms with Crippen molar-refractivity contribution < 1.29 is 18.7 Å². The van der Waals surface area contributed by atoms with E-state index in [-0.39, 0.29) is 5.91 Å². The highest BCUT2D eigenvalue weighted by atomic mass is 32.2. The lowest BCUT2D eigenvalue weighted by molar-refractivity contribution is -0.119. The van der Waals surface area contributed by atoms with Crippen LogP contribution in [0.5, 0.6) is 11.5 Å². The summed E-state index contributed by atoms with van der Waals surface area (Å²) >= 11 is 1.56. The number of aryl methyl sites for hydroxylation is 1. The van der Waals surface area contributed by atoms with E-state index in [1.807, 2.05) is 25.1 Å². The molecular weight excluding hydrogens is 388 g/mol. The van der Waals surface area contributed by atoms with Crippen molar-refractivity contribution in [3.63, 3.8) is 0 Å². The summed E-state index contributed by atoms with van der Waals surface area (Å²) in [5.41, 5.74) is 1.68. The number of ether oxygens (including phenoxy) is 2. The number of hydrogen-bond acceptors (Lipinski definition) is 6. The molecule has 29 heavy (non-hydrogen) atoms. The van der Waals surface area contributed by atoms with Gasteiger partial charge in [0.25, 0.3) is 0 Å². The molecule has 2 atom stereocenters. The van der Waals surface area contributed by atoms with Gasteiger partial charge in [0.15, 0.2) is 11.5 Å². The highest BCUT2D eigenvalue weighted by Crippen LogP contribution is 2.33. The number of oxazole rings is 1. The second-order valence-corrected chi connectivity index (χ2v) is 8.51. The SMILES string of the molecule is COc1ccc(-c2nc(CSCC(=O)N[C@@H]3CCCC[C@H]3C)c(C)o2)cc1OC. The fourth-order valence-electron chi connectivity index (χ4n) is 3.67. The minimum Gasteiger partial charge on any atom is -0.493 e. The lowest BCUT2D eigenvalue weighted by Crippen LogP contribution is -2.41. The van der Waals surface area contributed by atoms with Crippen LogP contribution in [0.2, 0.25) is 0 Å². The van der Waals surface area contributed by atoms with Crippen LogP contribution in [0.3, 0.4) is 0 Å². The smallest absolute Gasteiger partial charge is 0.230 e. The Balaban J connectivity index is 1.56. The third kappa shape index (κ3) is 5.47. The van der Waals surface area contributed by atoms with Crippen LogP contribution in [-0.4, -0.2) is 36.9 Å². The number of rotatable bonds is 8. The summed E-state index contributed by atoms with van der Waals surface area (Å²) in [6.07, 6.45) is 4.78. The maximum atomic E-state index is 12.3. The van der Waals surface area contributed by atoms with Crippen LogP contribution >= 0.6 is 11.8 Å². The first kappa shape index (κ1) is 21.6.